The summed E-state index contributed by atoms with van der Waals surface area (Å²) < 4.78 is 11.4. The number of methoxy groups -OCH3 is 1. The third-order valence-electron chi connectivity index (χ3n) is 4.60. The van der Waals surface area contributed by atoms with E-state index in [2.05, 4.69) is 0 Å². The van der Waals surface area contributed by atoms with Crippen LogP contribution in [0.2, 0.25) is 0 Å². The van der Waals surface area contributed by atoms with E-state index >= 15 is 0 Å². The predicted octanol–water partition coefficient (Wildman–Crippen LogP) is 3.44. The molecule has 3 atom stereocenters. The molecule has 0 amide bonds. The zero-order valence-electron chi connectivity index (χ0n) is 15.1. The maximum Gasteiger partial charge on any atom is 0.152 e. The van der Waals surface area contributed by atoms with Gasteiger partial charge in [-0.15, -0.1) is 0 Å². The van der Waals surface area contributed by atoms with Gasteiger partial charge in [0.25, 0.3) is 0 Å². The van der Waals surface area contributed by atoms with Crippen molar-refractivity contribution in [1.29, 1.82) is 0 Å². The van der Waals surface area contributed by atoms with Gasteiger partial charge in [0, 0.05) is 11.6 Å². The minimum atomic E-state index is -1.19. The van der Waals surface area contributed by atoms with E-state index in [0.29, 0.717) is 23.3 Å². The Balaban J connectivity index is 2.15. The molecule has 1 aliphatic rings. The zero-order chi connectivity index (χ0) is 18.8. The summed E-state index contributed by atoms with van der Waals surface area (Å²) in [7, 11) is 1.45. The Hall–Kier alpha value is -2.50. The van der Waals surface area contributed by atoms with E-state index in [9.17, 15) is 15.3 Å². The summed E-state index contributed by atoms with van der Waals surface area (Å²) in [6, 6.07) is 10.7. The summed E-state index contributed by atoms with van der Waals surface area (Å²) in [5, 5.41) is 31.9. The van der Waals surface area contributed by atoms with Crippen LogP contribution in [-0.2, 0) is 6.42 Å². The van der Waals surface area contributed by atoms with Gasteiger partial charge in [-0.25, -0.2) is 0 Å². The normalized spacial score (nSPS) is 21.5. The van der Waals surface area contributed by atoms with Crippen molar-refractivity contribution >= 4 is 0 Å². The van der Waals surface area contributed by atoms with Gasteiger partial charge in [-0.3, -0.25) is 0 Å². The maximum absolute atomic E-state index is 10.8. The summed E-state index contributed by atoms with van der Waals surface area (Å²) in [5.74, 6) is 0.691. The highest BCUT2D eigenvalue weighted by Crippen LogP contribution is 2.50. The smallest absolute Gasteiger partial charge is 0.152 e. The first kappa shape index (κ1) is 18.3. The number of fused-ring (bicyclic) bond motifs is 1. The van der Waals surface area contributed by atoms with Gasteiger partial charge in [0.1, 0.15) is 29.5 Å². The van der Waals surface area contributed by atoms with Crippen molar-refractivity contribution in [2.75, 3.05) is 7.11 Å². The molecule has 2 aromatic carbocycles. The number of benzene rings is 2. The number of rotatable bonds is 4. The van der Waals surface area contributed by atoms with Crippen molar-refractivity contribution in [3.05, 3.63) is 64.7 Å². The van der Waals surface area contributed by atoms with Crippen LogP contribution in [0.15, 0.2) is 48.0 Å². The van der Waals surface area contributed by atoms with Crippen molar-refractivity contribution in [1.82, 2.24) is 0 Å². The largest absolute Gasteiger partial charge is 0.507 e. The molecule has 0 aromatic heterocycles. The highest BCUT2D eigenvalue weighted by atomic mass is 16.5. The van der Waals surface area contributed by atoms with E-state index in [-0.39, 0.29) is 11.5 Å². The van der Waals surface area contributed by atoms with E-state index in [0.717, 1.165) is 11.1 Å². The van der Waals surface area contributed by atoms with Crippen molar-refractivity contribution in [3.8, 4) is 17.2 Å². The Labute approximate surface area is 153 Å². The van der Waals surface area contributed by atoms with Gasteiger partial charge < -0.3 is 24.8 Å². The molecule has 3 unspecified atom stereocenters. The molecule has 1 aliphatic heterocycles. The average Bonchev–Trinajstić information content (AvgIpc) is 2.63. The zero-order valence-corrected chi connectivity index (χ0v) is 15.1. The summed E-state index contributed by atoms with van der Waals surface area (Å²) in [6.45, 7) is 3.94. The standard InChI is InChI=1S/C21H24O5/c1-12(2)9-10-14-15(22)11-16(25-3)17-18(23)19(24)20(26-21(14)17)13-7-5-4-6-8-13/h4-9,11,18-20,22-24H,10H2,1-3H3. The molecule has 3 N–H and O–H groups in total. The van der Waals surface area contributed by atoms with E-state index in [1.807, 2.05) is 50.3 Å². The number of allylic oxidation sites excluding steroid dienone is 2. The third kappa shape index (κ3) is 3.28. The van der Waals surface area contributed by atoms with Crippen molar-refractivity contribution < 1.29 is 24.8 Å². The van der Waals surface area contributed by atoms with Crippen molar-refractivity contribution in [2.24, 2.45) is 0 Å². The molecule has 0 fully saturated rings. The third-order valence-corrected chi connectivity index (χ3v) is 4.60. The molecule has 5 heteroatoms. The Bertz CT molecular complexity index is 809. The van der Waals surface area contributed by atoms with Crippen LogP contribution in [0.3, 0.4) is 0 Å². The number of hydrogen-bond acceptors (Lipinski definition) is 5. The number of phenolic OH excluding ortho intramolecular Hbond substituents is 1. The van der Waals surface area contributed by atoms with Gasteiger partial charge in [-0.1, -0.05) is 42.0 Å². The molecule has 5 nitrogen and oxygen atoms in total. The number of aromatic hydroxyl groups is 1. The molecule has 0 saturated heterocycles. The molecule has 0 bridgehead atoms. The first-order chi connectivity index (χ1) is 12.4. The first-order valence-corrected chi connectivity index (χ1v) is 8.57. The second kappa shape index (κ2) is 7.40. The molecular formula is C21H24O5. The maximum atomic E-state index is 10.8. The van der Waals surface area contributed by atoms with E-state index in [4.69, 9.17) is 9.47 Å². The van der Waals surface area contributed by atoms with Gasteiger partial charge in [0.15, 0.2) is 6.10 Å². The SMILES string of the molecule is COc1cc(O)c(CC=C(C)C)c2c1C(O)C(O)C(c1ccccc1)O2. The molecule has 2 aromatic rings. The fourth-order valence-electron chi connectivity index (χ4n) is 3.21. The molecule has 0 aliphatic carbocycles. The number of ether oxygens (including phenoxy) is 2. The lowest BCUT2D eigenvalue weighted by atomic mass is 9.89. The lowest BCUT2D eigenvalue weighted by molar-refractivity contribution is -0.0714. The minimum absolute atomic E-state index is 0.0356. The molecule has 0 radical (unpaired) electrons. The second-order valence-corrected chi connectivity index (χ2v) is 6.69. The predicted molar refractivity (Wildman–Crippen MR) is 98.6 cm³/mol. The van der Waals surface area contributed by atoms with Crippen LogP contribution in [-0.4, -0.2) is 28.5 Å². The minimum Gasteiger partial charge on any atom is -0.507 e. The van der Waals surface area contributed by atoms with Gasteiger partial charge in [-0.2, -0.15) is 0 Å². The summed E-state index contributed by atoms with van der Waals surface area (Å²) in [4.78, 5) is 0. The van der Waals surface area contributed by atoms with Gasteiger partial charge in [0.2, 0.25) is 0 Å². The summed E-state index contributed by atoms with van der Waals surface area (Å²) >= 11 is 0. The molecular weight excluding hydrogens is 332 g/mol. The van der Waals surface area contributed by atoms with Crippen LogP contribution in [0.5, 0.6) is 17.2 Å². The highest BCUT2D eigenvalue weighted by molar-refractivity contribution is 5.60. The van der Waals surface area contributed by atoms with Crippen LogP contribution < -0.4 is 9.47 Å². The second-order valence-electron chi connectivity index (χ2n) is 6.69. The Morgan fingerprint density at radius 3 is 2.50 bits per heavy atom. The topological polar surface area (TPSA) is 79.2 Å². The quantitative estimate of drug-likeness (QED) is 0.732. The lowest BCUT2D eigenvalue weighted by Gasteiger charge is -2.36. The van der Waals surface area contributed by atoms with E-state index in [1.165, 1.54) is 13.2 Å². The number of aliphatic hydroxyl groups is 2. The van der Waals surface area contributed by atoms with Crippen molar-refractivity contribution in [3.63, 3.8) is 0 Å². The van der Waals surface area contributed by atoms with E-state index in [1.54, 1.807) is 0 Å². The van der Waals surface area contributed by atoms with E-state index < -0.39 is 18.3 Å². The Morgan fingerprint density at radius 1 is 1.19 bits per heavy atom. The number of phenols is 1. The lowest BCUT2D eigenvalue weighted by Crippen LogP contribution is -2.35. The highest BCUT2D eigenvalue weighted by Gasteiger charge is 2.41. The van der Waals surface area contributed by atoms with Gasteiger partial charge in [-0.05, 0) is 25.8 Å². The number of aliphatic hydroxyl groups excluding tert-OH is 2. The molecule has 138 valence electrons. The molecule has 3 rings (SSSR count). The van der Waals surface area contributed by atoms with Crippen LogP contribution in [0, 0.1) is 0 Å². The first-order valence-electron chi connectivity index (χ1n) is 8.57. The fourth-order valence-corrected chi connectivity index (χ4v) is 3.21. The van der Waals surface area contributed by atoms with Crippen LogP contribution in [0.4, 0.5) is 0 Å². The molecule has 0 saturated carbocycles. The van der Waals surface area contributed by atoms with Crippen LogP contribution in [0.1, 0.15) is 42.7 Å². The molecule has 1 heterocycles. The Morgan fingerprint density at radius 2 is 1.88 bits per heavy atom. The summed E-state index contributed by atoms with van der Waals surface area (Å²) in [5.41, 5.74) is 2.78. The van der Waals surface area contributed by atoms with Crippen LogP contribution >= 0.6 is 0 Å². The molecule has 0 spiro atoms. The summed E-state index contributed by atoms with van der Waals surface area (Å²) in [6.07, 6.45) is -0.662. The van der Waals surface area contributed by atoms with Crippen LogP contribution in [0.25, 0.3) is 0 Å². The molecule has 26 heavy (non-hydrogen) atoms. The van der Waals surface area contributed by atoms with Crippen molar-refractivity contribution in [2.45, 2.75) is 38.6 Å². The Kier molecular flexibility index (Phi) is 5.20. The fraction of sp³-hybridized carbons (Fsp3) is 0.333. The average molecular weight is 356 g/mol. The van der Waals surface area contributed by atoms with Gasteiger partial charge in [0.05, 0.1) is 12.7 Å². The monoisotopic (exact) mass is 356 g/mol. The van der Waals surface area contributed by atoms with Gasteiger partial charge >= 0.3 is 0 Å². The number of hydrogen-bond donors (Lipinski definition) is 3.